The SMILES string of the molecule is Cc1cc(-n2nc(C(=O)N3CCC(C(=O)N4CCCC4)(c4ccccc4)CC3)c(=O)[nH]c2=O)cc(C)c1Oc1ccc(O)c(Br)c1. The zero-order valence-electron chi connectivity index (χ0n) is 25.6. The molecular weight excluding hydrogens is 654 g/mol. The number of nitrogens with one attached hydrogen (secondary N) is 1. The Hall–Kier alpha value is -4.71. The van der Waals surface area contributed by atoms with Crippen molar-refractivity contribution < 1.29 is 19.4 Å². The predicted molar refractivity (Wildman–Crippen MR) is 175 cm³/mol. The number of phenols is 1. The number of aromatic amines is 1. The largest absolute Gasteiger partial charge is 0.507 e. The lowest BCUT2D eigenvalue weighted by Gasteiger charge is -2.42. The number of rotatable bonds is 6. The van der Waals surface area contributed by atoms with Gasteiger partial charge < -0.3 is 19.6 Å². The molecule has 46 heavy (non-hydrogen) atoms. The molecule has 0 atom stereocenters. The number of benzene rings is 3. The van der Waals surface area contributed by atoms with E-state index in [0.29, 0.717) is 45.6 Å². The lowest BCUT2D eigenvalue weighted by Crippen LogP contribution is -2.54. The van der Waals surface area contributed by atoms with Gasteiger partial charge in [-0.15, -0.1) is 0 Å². The van der Waals surface area contributed by atoms with E-state index in [0.717, 1.165) is 36.2 Å². The molecule has 4 aromatic rings. The number of carbonyl (C=O) groups is 2. The van der Waals surface area contributed by atoms with E-state index in [1.54, 1.807) is 38.1 Å². The first-order chi connectivity index (χ1) is 22.1. The van der Waals surface area contributed by atoms with Crippen molar-refractivity contribution in [2.75, 3.05) is 26.2 Å². The minimum absolute atomic E-state index is 0.0839. The summed E-state index contributed by atoms with van der Waals surface area (Å²) in [6.07, 6.45) is 2.79. The Balaban J connectivity index is 1.26. The highest BCUT2D eigenvalue weighted by Crippen LogP contribution is 2.39. The summed E-state index contributed by atoms with van der Waals surface area (Å²) in [7, 11) is 0. The highest BCUT2D eigenvalue weighted by molar-refractivity contribution is 9.10. The third-order valence-corrected chi connectivity index (χ3v) is 9.53. The number of halogens is 1. The second-order valence-corrected chi connectivity index (χ2v) is 12.7. The van der Waals surface area contributed by atoms with Crippen molar-refractivity contribution in [3.8, 4) is 22.9 Å². The Morgan fingerprint density at radius 1 is 0.913 bits per heavy atom. The van der Waals surface area contributed by atoms with Crippen molar-refractivity contribution in [2.45, 2.75) is 44.9 Å². The van der Waals surface area contributed by atoms with Crippen LogP contribution in [0.5, 0.6) is 17.2 Å². The van der Waals surface area contributed by atoms with Gasteiger partial charge in [0.2, 0.25) is 11.6 Å². The zero-order chi connectivity index (χ0) is 32.6. The van der Waals surface area contributed by atoms with E-state index in [2.05, 4.69) is 26.0 Å². The van der Waals surface area contributed by atoms with E-state index < -0.39 is 28.3 Å². The third kappa shape index (κ3) is 5.84. The van der Waals surface area contributed by atoms with Crippen molar-refractivity contribution in [2.24, 2.45) is 0 Å². The van der Waals surface area contributed by atoms with Gasteiger partial charge in [0.05, 0.1) is 15.6 Å². The molecule has 0 aliphatic carbocycles. The lowest BCUT2D eigenvalue weighted by atomic mass is 9.71. The number of carbonyl (C=O) groups excluding carboxylic acids is 2. The van der Waals surface area contributed by atoms with Crippen LogP contribution in [0.3, 0.4) is 0 Å². The first-order valence-electron chi connectivity index (χ1n) is 15.2. The van der Waals surface area contributed by atoms with Gasteiger partial charge >= 0.3 is 5.69 Å². The summed E-state index contributed by atoms with van der Waals surface area (Å²) in [4.78, 5) is 59.1. The summed E-state index contributed by atoms with van der Waals surface area (Å²) in [5, 5.41) is 14.0. The highest BCUT2D eigenvalue weighted by Gasteiger charge is 2.46. The summed E-state index contributed by atoms with van der Waals surface area (Å²) in [6.45, 7) is 5.59. The van der Waals surface area contributed by atoms with E-state index in [-0.39, 0.29) is 24.7 Å². The van der Waals surface area contributed by atoms with Crippen LogP contribution in [0.2, 0.25) is 0 Å². The number of H-pyrrole nitrogens is 1. The zero-order valence-corrected chi connectivity index (χ0v) is 27.2. The van der Waals surface area contributed by atoms with E-state index in [1.165, 1.54) is 11.0 Å². The number of aromatic hydroxyl groups is 1. The van der Waals surface area contributed by atoms with E-state index >= 15 is 0 Å². The van der Waals surface area contributed by atoms with Crippen LogP contribution in [0.4, 0.5) is 0 Å². The average Bonchev–Trinajstić information content (AvgIpc) is 3.59. The molecule has 12 heteroatoms. The average molecular weight is 689 g/mol. The number of nitrogens with zero attached hydrogens (tertiary/aromatic N) is 4. The van der Waals surface area contributed by atoms with Gasteiger partial charge in [0, 0.05) is 26.2 Å². The number of hydrogen-bond acceptors (Lipinski definition) is 7. The Bertz CT molecular complexity index is 1900. The summed E-state index contributed by atoms with van der Waals surface area (Å²) in [5.41, 5.74) is -0.161. The predicted octanol–water partition coefficient (Wildman–Crippen LogP) is 4.59. The molecule has 2 fully saturated rings. The second-order valence-electron chi connectivity index (χ2n) is 11.9. The molecule has 0 saturated carbocycles. The summed E-state index contributed by atoms with van der Waals surface area (Å²) in [6, 6.07) is 17.8. The van der Waals surface area contributed by atoms with Gasteiger partial charge in [-0.25, -0.2) is 4.79 Å². The van der Waals surface area contributed by atoms with Gasteiger partial charge in [-0.1, -0.05) is 30.3 Å². The van der Waals surface area contributed by atoms with E-state index in [4.69, 9.17) is 4.74 Å². The minimum atomic E-state index is -0.870. The highest BCUT2D eigenvalue weighted by atomic mass is 79.9. The lowest BCUT2D eigenvalue weighted by molar-refractivity contribution is -0.138. The van der Waals surface area contributed by atoms with Crippen LogP contribution in [0, 0.1) is 13.8 Å². The number of aromatic nitrogens is 3. The first kappa shape index (κ1) is 31.3. The number of ether oxygens (including phenoxy) is 1. The second kappa shape index (κ2) is 12.6. The molecule has 11 nitrogen and oxygen atoms in total. The number of hydrogen-bond donors (Lipinski definition) is 2. The maximum atomic E-state index is 13.9. The minimum Gasteiger partial charge on any atom is -0.507 e. The molecule has 2 saturated heterocycles. The normalized spacial score (nSPS) is 16.0. The van der Waals surface area contributed by atoms with Crippen LogP contribution < -0.4 is 16.0 Å². The topological polar surface area (TPSA) is 138 Å². The molecule has 0 radical (unpaired) electrons. The van der Waals surface area contributed by atoms with Gasteiger partial charge in [-0.05, 0) is 102 Å². The van der Waals surface area contributed by atoms with Crippen LogP contribution in [0.1, 0.15) is 52.9 Å². The van der Waals surface area contributed by atoms with E-state index in [1.807, 2.05) is 35.2 Å². The molecule has 1 aromatic heterocycles. The smallest absolute Gasteiger partial charge is 0.349 e. The van der Waals surface area contributed by atoms with Crippen molar-refractivity contribution in [1.29, 1.82) is 0 Å². The van der Waals surface area contributed by atoms with Crippen molar-refractivity contribution in [3.63, 3.8) is 0 Å². The molecule has 0 spiro atoms. The van der Waals surface area contributed by atoms with Crippen LogP contribution in [0.15, 0.2) is 74.7 Å². The molecule has 6 rings (SSSR count). The molecule has 3 aromatic carbocycles. The molecule has 238 valence electrons. The standard InChI is InChI=1S/C34H34BrN5O6/c1-21-18-24(19-22(2)29(21)46-25-10-11-27(41)26(35)20-25)40-33(45)36-30(42)28(37-40)31(43)38-16-12-34(13-17-38,23-8-4-3-5-9-23)32(44)39-14-6-7-15-39/h3-5,8-11,18-20,41H,6-7,12-17H2,1-2H3,(H,36,42,45). The molecule has 2 aliphatic heterocycles. The molecule has 2 amide bonds. The van der Waals surface area contributed by atoms with Crippen LogP contribution >= 0.6 is 15.9 Å². The van der Waals surface area contributed by atoms with Crippen LogP contribution in [-0.4, -0.2) is 67.7 Å². The van der Waals surface area contributed by atoms with Gasteiger partial charge in [0.1, 0.15) is 17.2 Å². The Morgan fingerprint density at radius 3 is 2.20 bits per heavy atom. The molecule has 3 heterocycles. The maximum absolute atomic E-state index is 13.9. The molecule has 2 N–H and O–H groups in total. The molecule has 2 aliphatic rings. The number of aryl methyl sites for hydroxylation is 2. The summed E-state index contributed by atoms with van der Waals surface area (Å²) in [5.74, 6) is 0.617. The van der Waals surface area contributed by atoms with Gasteiger partial charge in [-0.2, -0.15) is 9.78 Å². The van der Waals surface area contributed by atoms with Crippen molar-refractivity contribution in [1.82, 2.24) is 24.6 Å². The Kier molecular flexibility index (Phi) is 8.56. The number of amides is 2. The molecular formula is C34H34BrN5O6. The fourth-order valence-electron chi connectivity index (χ4n) is 6.44. The van der Waals surface area contributed by atoms with Crippen LogP contribution in [-0.2, 0) is 10.2 Å². The van der Waals surface area contributed by atoms with Crippen LogP contribution in [0.25, 0.3) is 5.69 Å². The fourth-order valence-corrected chi connectivity index (χ4v) is 6.80. The molecule has 0 unspecified atom stereocenters. The summed E-state index contributed by atoms with van der Waals surface area (Å²) >= 11 is 3.28. The number of piperidine rings is 1. The van der Waals surface area contributed by atoms with Crippen molar-refractivity contribution in [3.05, 3.63) is 108 Å². The Labute approximate surface area is 273 Å². The number of likely N-dealkylation sites (tertiary alicyclic amines) is 2. The number of phenolic OH excluding ortho intramolecular Hbond substituents is 1. The van der Waals surface area contributed by atoms with Gasteiger partial charge in [0.25, 0.3) is 11.5 Å². The monoisotopic (exact) mass is 687 g/mol. The van der Waals surface area contributed by atoms with Gasteiger partial charge in [-0.3, -0.25) is 19.4 Å². The van der Waals surface area contributed by atoms with E-state index in [9.17, 15) is 24.3 Å². The fraction of sp³-hybridized carbons (Fsp3) is 0.324. The molecule has 0 bridgehead atoms. The van der Waals surface area contributed by atoms with Crippen molar-refractivity contribution >= 4 is 27.7 Å². The Morgan fingerprint density at radius 2 is 1.57 bits per heavy atom. The quantitative estimate of drug-likeness (QED) is 0.302. The third-order valence-electron chi connectivity index (χ3n) is 8.89. The summed E-state index contributed by atoms with van der Waals surface area (Å²) < 4.78 is 7.55. The van der Waals surface area contributed by atoms with Gasteiger partial charge in [0.15, 0.2) is 0 Å². The first-order valence-corrected chi connectivity index (χ1v) is 16.0. The maximum Gasteiger partial charge on any atom is 0.349 e.